The van der Waals surface area contributed by atoms with Crippen LogP contribution < -0.4 is 5.32 Å². The van der Waals surface area contributed by atoms with Crippen molar-refractivity contribution in [1.82, 2.24) is 14.8 Å². The van der Waals surface area contributed by atoms with Gasteiger partial charge in [0.1, 0.15) is 10.3 Å². The van der Waals surface area contributed by atoms with Crippen molar-refractivity contribution in [3.05, 3.63) is 73.1 Å². The zero-order valence-corrected chi connectivity index (χ0v) is 16.7. The van der Waals surface area contributed by atoms with E-state index < -0.39 is 4.92 Å². The van der Waals surface area contributed by atoms with Gasteiger partial charge in [-0.25, -0.2) is 4.98 Å². The number of anilines is 2. The minimum absolute atomic E-state index is 0.0892. The molecule has 10 heteroatoms. The Labute approximate surface area is 168 Å². The van der Waals surface area contributed by atoms with Crippen LogP contribution in [0.3, 0.4) is 0 Å². The average molecular weight is 450 g/mol. The van der Waals surface area contributed by atoms with E-state index in [0.29, 0.717) is 32.1 Å². The molecule has 2 N–H and O–H groups in total. The van der Waals surface area contributed by atoms with E-state index in [9.17, 15) is 10.1 Å². The van der Waals surface area contributed by atoms with Gasteiger partial charge >= 0.3 is 5.69 Å². The van der Waals surface area contributed by atoms with Gasteiger partial charge in [-0.15, -0.1) is 5.10 Å². The molecule has 2 aromatic heterocycles. The maximum absolute atomic E-state index is 11.4. The van der Waals surface area contributed by atoms with Crippen molar-refractivity contribution >= 4 is 50.4 Å². The molecule has 2 heterocycles. The first-order valence-corrected chi connectivity index (χ1v) is 8.91. The van der Waals surface area contributed by atoms with Crippen molar-refractivity contribution in [2.24, 2.45) is 7.05 Å². The monoisotopic (exact) mass is 448 g/mol. The molecule has 0 saturated carbocycles. The largest absolute Gasteiger partial charge is 0.333 e. The molecule has 0 bridgehead atoms. The SMILES string of the molecule is Cc1c([N+](=O)[O-])c(Nc2cc(Br)ncc2C(=N)c2ccccc2Cl)nn1C. The predicted octanol–water partition coefficient (Wildman–Crippen LogP) is 4.61. The fourth-order valence-electron chi connectivity index (χ4n) is 2.57. The van der Waals surface area contributed by atoms with Crippen LogP contribution >= 0.6 is 27.5 Å². The summed E-state index contributed by atoms with van der Waals surface area (Å²) in [6.45, 7) is 1.62. The second-order valence-electron chi connectivity index (χ2n) is 5.70. The second kappa shape index (κ2) is 7.45. The van der Waals surface area contributed by atoms with Crippen LogP contribution in [0, 0.1) is 22.4 Å². The third kappa shape index (κ3) is 3.69. The van der Waals surface area contributed by atoms with E-state index in [0.717, 1.165) is 0 Å². The van der Waals surface area contributed by atoms with Gasteiger partial charge in [0.05, 0.1) is 16.3 Å². The normalized spacial score (nSPS) is 10.7. The Bertz CT molecular complexity index is 1070. The van der Waals surface area contributed by atoms with Gasteiger partial charge in [0, 0.05) is 29.4 Å². The molecular formula is C17H14BrClN6O2. The molecule has 3 rings (SSSR count). The first-order valence-electron chi connectivity index (χ1n) is 7.74. The zero-order valence-electron chi connectivity index (χ0n) is 14.3. The lowest BCUT2D eigenvalue weighted by Gasteiger charge is -2.12. The molecule has 1 aromatic carbocycles. The molecule has 0 aliphatic heterocycles. The highest BCUT2D eigenvalue weighted by Gasteiger charge is 2.25. The van der Waals surface area contributed by atoms with Gasteiger partial charge < -0.3 is 5.32 Å². The Morgan fingerprint density at radius 3 is 2.74 bits per heavy atom. The summed E-state index contributed by atoms with van der Waals surface area (Å²) < 4.78 is 1.94. The third-order valence-corrected chi connectivity index (χ3v) is 4.78. The summed E-state index contributed by atoms with van der Waals surface area (Å²) in [5, 5.41) is 27.5. The van der Waals surface area contributed by atoms with Gasteiger partial charge in [-0.3, -0.25) is 20.2 Å². The van der Waals surface area contributed by atoms with Gasteiger partial charge in [-0.1, -0.05) is 29.8 Å². The van der Waals surface area contributed by atoms with Crippen molar-refractivity contribution in [1.29, 1.82) is 5.41 Å². The number of aromatic nitrogens is 3. The molecule has 0 aliphatic carbocycles. The van der Waals surface area contributed by atoms with Crippen LogP contribution in [0.4, 0.5) is 17.2 Å². The molecule has 0 amide bonds. The van der Waals surface area contributed by atoms with E-state index in [-0.39, 0.29) is 17.2 Å². The molecule has 27 heavy (non-hydrogen) atoms. The Morgan fingerprint density at radius 2 is 2.07 bits per heavy atom. The van der Waals surface area contributed by atoms with E-state index in [1.807, 2.05) is 0 Å². The van der Waals surface area contributed by atoms with Gasteiger partial charge in [0.15, 0.2) is 0 Å². The quantitative estimate of drug-likeness (QED) is 0.256. The Kier molecular flexibility index (Phi) is 5.24. The van der Waals surface area contributed by atoms with E-state index >= 15 is 0 Å². The summed E-state index contributed by atoms with van der Waals surface area (Å²) in [4.78, 5) is 15.1. The van der Waals surface area contributed by atoms with Crippen molar-refractivity contribution in [3.8, 4) is 0 Å². The van der Waals surface area contributed by atoms with E-state index in [1.54, 1.807) is 44.3 Å². The number of aryl methyl sites for hydroxylation is 1. The first kappa shape index (κ1) is 19.0. The minimum atomic E-state index is -0.486. The maximum Gasteiger partial charge on any atom is 0.333 e. The molecule has 138 valence electrons. The molecule has 3 aromatic rings. The van der Waals surface area contributed by atoms with Crippen molar-refractivity contribution in [2.45, 2.75) is 6.92 Å². The van der Waals surface area contributed by atoms with Gasteiger partial charge in [0.25, 0.3) is 0 Å². The van der Waals surface area contributed by atoms with Crippen LogP contribution in [0.15, 0.2) is 41.1 Å². The smallest absolute Gasteiger partial charge is 0.332 e. The Hall–Kier alpha value is -2.78. The number of hydrogen-bond donors (Lipinski definition) is 2. The molecule has 0 radical (unpaired) electrons. The number of hydrogen-bond acceptors (Lipinski definition) is 6. The summed E-state index contributed by atoms with van der Waals surface area (Å²) in [7, 11) is 1.63. The highest BCUT2D eigenvalue weighted by atomic mass is 79.9. The summed E-state index contributed by atoms with van der Waals surface area (Å²) in [6, 6.07) is 8.61. The number of nitrogens with one attached hydrogen (secondary N) is 2. The standard InChI is InChI=1S/C17H14BrClN6O2/c1-9-16(25(26)27)17(23-24(9)2)22-13-7-14(18)21-8-11(13)15(20)10-5-3-4-6-12(10)19/h3-8,20H,1-2H3,(H,21,22,23). The van der Waals surface area contributed by atoms with Crippen LogP contribution in [-0.4, -0.2) is 25.4 Å². The number of rotatable bonds is 5. The lowest BCUT2D eigenvalue weighted by molar-refractivity contribution is -0.384. The highest BCUT2D eigenvalue weighted by molar-refractivity contribution is 9.10. The fraction of sp³-hybridized carbons (Fsp3) is 0.118. The van der Waals surface area contributed by atoms with Gasteiger partial charge in [-0.05, 0) is 35.0 Å². The minimum Gasteiger partial charge on any atom is -0.332 e. The molecule has 8 nitrogen and oxygen atoms in total. The number of halogens is 2. The van der Waals surface area contributed by atoms with Crippen molar-refractivity contribution < 1.29 is 4.92 Å². The number of nitrogens with zero attached hydrogens (tertiary/aromatic N) is 4. The molecule has 0 aliphatic rings. The molecule has 0 saturated heterocycles. The Morgan fingerprint density at radius 1 is 1.37 bits per heavy atom. The molecule has 0 atom stereocenters. The zero-order chi connectivity index (χ0) is 19.7. The Balaban J connectivity index is 2.09. The lowest BCUT2D eigenvalue weighted by atomic mass is 10.0. The molecule has 0 spiro atoms. The van der Waals surface area contributed by atoms with E-state index in [4.69, 9.17) is 17.0 Å². The van der Waals surface area contributed by atoms with Crippen LogP contribution in [0.5, 0.6) is 0 Å². The topological polar surface area (TPSA) is 110 Å². The average Bonchev–Trinajstić information content (AvgIpc) is 2.89. The van der Waals surface area contributed by atoms with E-state index in [2.05, 4.69) is 31.3 Å². The van der Waals surface area contributed by atoms with Crippen molar-refractivity contribution in [3.63, 3.8) is 0 Å². The third-order valence-electron chi connectivity index (χ3n) is 4.02. The second-order valence-corrected chi connectivity index (χ2v) is 6.92. The molecular weight excluding hydrogens is 436 g/mol. The van der Waals surface area contributed by atoms with Crippen LogP contribution in [0.25, 0.3) is 0 Å². The van der Waals surface area contributed by atoms with Gasteiger partial charge in [-0.2, -0.15) is 0 Å². The maximum atomic E-state index is 11.4. The predicted molar refractivity (Wildman–Crippen MR) is 107 cm³/mol. The molecule has 0 unspecified atom stereocenters. The van der Waals surface area contributed by atoms with Gasteiger partial charge in [0.2, 0.25) is 5.82 Å². The van der Waals surface area contributed by atoms with Crippen LogP contribution in [-0.2, 0) is 7.05 Å². The summed E-state index contributed by atoms with van der Waals surface area (Å²) in [6.07, 6.45) is 1.50. The lowest BCUT2D eigenvalue weighted by Crippen LogP contribution is -2.08. The van der Waals surface area contributed by atoms with Crippen LogP contribution in [0.2, 0.25) is 5.02 Å². The van der Waals surface area contributed by atoms with Crippen molar-refractivity contribution in [2.75, 3.05) is 5.32 Å². The fourth-order valence-corrected chi connectivity index (χ4v) is 3.13. The number of benzene rings is 1. The number of nitro groups is 1. The summed E-state index contributed by atoms with van der Waals surface area (Å²) in [5.74, 6) is 0.0892. The van der Waals surface area contributed by atoms with E-state index in [1.165, 1.54) is 10.9 Å². The van der Waals surface area contributed by atoms with Crippen LogP contribution in [0.1, 0.15) is 16.8 Å². The summed E-state index contributed by atoms with van der Waals surface area (Å²) in [5.41, 5.74) is 1.84. The number of pyridine rings is 1. The highest BCUT2D eigenvalue weighted by Crippen LogP contribution is 2.32. The molecule has 0 fully saturated rings. The first-order chi connectivity index (χ1) is 12.8. The summed E-state index contributed by atoms with van der Waals surface area (Å²) >= 11 is 9.50.